The second-order valence-corrected chi connectivity index (χ2v) is 4.20. The highest BCUT2D eigenvalue weighted by Gasteiger charge is 2.93. The molecule has 0 N–H and O–H groups in total. The molecule has 0 radical (unpaired) electrons. The maximum absolute atomic E-state index is 13.7. The number of alkyl halides is 11. The fourth-order valence-electron chi connectivity index (χ4n) is 2.01. The van der Waals surface area contributed by atoms with Gasteiger partial charge in [0.05, 0.1) is 5.57 Å². The molecule has 2 rings (SSSR count). The molecule has 22 heavy (non-hydrogen) atoms. The molecule has 0 aliphatic carbocycles. The van der Waals surface area contributed by atoms with E-state index in [1.165, 1.54) is 0 Å². The molecule has 0 spiro atoms. The number of hydrogen-bond donors (Lipinski definition) is 0. The average Bonchev–Trinajstić information content (AvgIpc) is 2.52. The van der Waals surface area contributed by atoms with Gasteiger partial charge < -0.3 is 0 Å². The molecule has 1 fully saturated rings. The lowest BCUT2D eigenvalue weighted by Crippen LogP contribution is -2.58. The lowest BCUT2D eigenvalue weighted by atomic mass is 9.89. The quantitative estimate of drug-likeness (QED) is 0.612. The van der Waals surface area contributed by atoms with Crippen LogP contribution in [0.3, 0.4) is 0 Å². The number of halogens is 12. The minimum atomic E-state index is -6.95. The summed E-state index contributed by atoms with van der Waals surface area (Å²) in [7, 11) is 0. The molecule has 128 valence electrons. The molecule has 2 aliphatic rings. The van der Waals surface area contributed by atoms with Crippen molar-refractivity contribution in [3.63, 3.8) is 0 Å². The lowest BCUT2D eigenvalue weighted by molar-refractivity contribution is -0.436. The predicted molar refractivity (Wildman–Crippen MR) is 38.9 cm³/mol. The molecule has 0 saturated carbocycles. The molecule has 0 aromatic rings. The number of rotatable bonds is 0. The molecule has 1 atom stereocenters. The molecule has 0 bridgehead atoms. The van der Waals surface area contributed by atoms with Crippen molar-refractivity contribution in [3.8, 4) is 0 Å². The summed E-state index contributed by atoms with van der Waals surface area (Å²) in [5.74, 6) is -9.58. The van der Waals surface area contributed by atoms with Gasteiger partial charge in [0.15, 0.2) is 0 Å². The Hall–Kier alpha value is -1.18. The van der Waals surface area contributed by atoms with Gasteiger partial charge in [-0.3, -0.25) is 9.47 Å². The molecule has 2 nitrogen and oxygen atoms in total. The van der Waals surface area contributed by atoms with Crippen LogP contribution in [0.5, 0.6) is 0 Å². The van der Waals surface area contributed by atoms with Crippen LogP contribution >= 0.6 is 0 Å². The average molecular weight is 356 g/mol. The van der Waals surface area contributed by atoms with Crippen molar-refractivity contribution in [3.05, 3.63) is 11.4 Å². The third kappa shape index (κ3) is 1.67. The Kier molecular flexibility index (Phi) is 2.99. The third-order valence-electron chi connectivity index (χ3n) is 2.87. The van der Waals surface area contributed by atoms with Crippen molar-refractivity contribution in [2.45, 2.75) is 36.0 Å². The fraction of sp³-hybridized carbons (Fsp3) is 0.750. The standard InChI is InChI=1S/C8F12O2/c9-2-1-3(6(13,14)15,7(16,17)18)21-8(19,20)4(1,10)22-5(2,11)12. The molecule has 0 amide bonds. The van der Waals surface area contributed by atoms with E-state index in [1.807, 2.05) is 0 Å². The van der Waals surface area contributed by atoms with Crippen LogP contribution in [-0.4, -0.2) is 36.0 Å². The van der Waals surface area contributed by atoms with E-state index in [0.717, 1.165) is 0 Å². The van der Waals surface area contributed by atoms with Crippen molar-refractivity contribution in [2.75, 3.05) is 0 Å². The van der Waals surface area contributed by atoms with Crippen LogP contribution < -0.4 is 0 Å². The SMILES string of the molecule is FC1=C2C(F)(OC1(F)F)C(F)(F)OC2(C(F)(F)F)C(F)(F)F. The maximum atomic E-state index is 13.7. The van der Waals surface area contributed by atoms with Crippen LogP contribution in [0, 0.1) is 0 Å². The van der Waals surface area contributed by atoms with Crippen LogP contribution in [-0.2, 0) is 9.47 Å². The Bertz CT molecular complexity index is 528. The van der Waals surface area contributed by atoms with Gasteiger partial charge >= 0.3 is 30.4 Å². The first-order valence-electron chi connectivity index (χ1n) is 4.83. The van der Waals surface area contributed by atoms with E-state index in [9.17, 15) is 52.7 Å². The molecule has 14 heteroatoms. The summed E-state index contributed by atoms with van der Waals surface area (Å²) >= 11 is 0. The Morgan fingerprint density at radius 3 is 1.50 bits per heavy atom. The summed E-state index contributed by atoms with van der Waals surface area (Å²) in [6, 6.07) is 0. The number of fused-ring (bicyclic) bond motifs is 1. The van der Waals surface area contributed by atoms with E-state index in [0.29, 0.717) is 0 Å². The molecule has 0 aromatic heterocycles. The van der Waals surface area contributed by atoms with Gasteiger partial charge in [-0.05, 0) is 0 Å². The first-order valence-corrected chi connectivity index (χ1v) is 4.83. The molecule has 2 aliphatic heterocycles. The summed E-state index contributed by atoms with van der Waals surface area (Å²) in [6.07, 6.45) is -25.8. The second kappa shape index (κ2) is 3.83. The van der Waals surface area contributed by atoms with Crippen LogP contribution in [0.15, 0.2) is 11.4 Å². The topological polar surface area (TPSA) is 18.5 Å². The smallest absolute Gasteiger partial charge is 0.285 e. The van der Waals surface area contributed by atoms with E-state index < -0.39 is 47.4 Å². The summed E-state index contributed by atoms with van der Waals surface area (Å²) in [4.78, 5) is 0. The summed E-state index contributed by atoms with van der Waals surface area (Å²) in [5, 5.41) is 0. The first kappa shape index (κ1) is 17.2. The third-order valence-corrected chi connectivity index (χ3v) is 2.87. The van der Waals surface area contributed by atoms with Gasteiger partial charge in [-0.2, -0.15) is 48.3 Å². The van der Waals surface area contributed by atoms with Gasteiger partial charge in [0.2, 0.25) is 5.83 Å². The summed E-state index contributed by atoms with van der Waals surface area (Å²) in [6.45, 7) is 0. The van der Waals surface area contributed by atoms with Gasteiger partial charge in [-0.15, -0.1) is 0 Å². The zero-order chi connectivity index (χ0) is 17.6. The Morgan fingerprint density at radius 2 is 1.14 bits per heavy atom. The van der Waals surface area contributed by atoms with Crippen molar-refractivity contribution < 1.29 is 62.2 Å². The lowest BCUT2D eigenvalue weighted by Gasteiger charge is -2.33. The Morgan fingerprint density at radius 1 is 0.727 bits per heavy atom. The van der Waals surface area contributed by atoms with Crippen LogP contribution in [0.25, 0.3) is 0 Å². The largest absolute Gasteiger partial charge is 0.431 e. The van der Waals surface area contributed by atoms with Crippen LogP contribution in [0.2, 0.25) is 0 Å². The zero-order valence-electron chi connectivity index (χ0n) is 9.35. The normalized spacial score (nSPS) is 33.3. The molecular formula is C8F12O2. The first-order chi connectivity index (χ1) is 9.44. The minimum absolute atomic E-state index is 2.38. The van der Waals surface area contributed by atoms with E-state index >= 15 is 0 Å². The summed E-state index contributed by atoms with van der Waals surface area (Å²) < 4.78 is 159. The van der Waals surface area contributed by atoms with Crippen molar-refractivity contribution in [1.82, 2.24) is 0 Å². The number of ether oxygens (including phenoxy) is 2. The predicted octanol–water partition coefficient (Wildman–Crippen LogP) is 3.99. The Balaban J connectivity index is 2.92. The molecule has 1 unspecified atom stereocenters. The molecule has 1 saturated heterocycles. The second-order valence-electron chi connectivity index (χ2n) is 4.20. The highest BCUT2D eigenvalue weighted by Crippen LogP contribution is 2.69. The van der Waals surface area contributed by atoms with Gasteiger partial charge in [-0.1, -0.05) is 0 Å². The van der Waals surface area contributed by atoms with Crippen molar-refractivity contribution in [2.24, 2.45) is 0 Å². The summed E-state index contributed by atoms with van der Waals surface area (Å²) in [5.41, 5.74) is -10.0. The van der Waals surface area contributed by atoms with E-state index in [-0.39, 0.29) is 0 Å². The van der Waals surface area contributed by atoms with E-state index in [4.69, 9.17) is 0 Å². The van der Waals surface area contributed by atoms with Gasteiger partial charge in [-0.25, -0.2) is 4.39 Å². The van der Waals surface area contributed by atoms with Crippen molar-refractivity contribution in [1.29, 1.82) is 0 Å². The molecular weight excluding hydrogens is 356 g/mol. The van der Waals surface area contributed by atoms with Gasteiger partial charge in [0.25, 0.3) is 5.60 Å². The van der Waals surface area contributed by atoms with Crippen molar-refractivity contribution >= 4 is 0 Å². The number of hydrogen-bond acceptors (Lipinski definition) is 2. The van der Waals surface area contributed by atoms with E-state index in [2.05, 4.69) is 9.47 Å². The highest BCUT2D eigenvalue weighted by molar-refractivity contribution is 5.43. The zero-order valence-corrected chi connectivity index (χ0v) is 9.35. The Labute approximate surface area is 111 Å². The minimum Gasteiger partial charge on any atom is -0.285 e. The monoisotopic (exact) mass is 356 g/mol. The van der Waals surface area contributed by atoms with Gasteiger partial charge in [0.1, 0.15) is 0 Å². The van der Waals surface area contributed by atoms with E-state index in [1.54, 1.807) is 0 Å². The van der Waals surface area contributed by atoms with Crippen LogP contribution in [0.4, 0.5) is 52.7 Å². The highest BCUT2D eigenvalue weighted by atomic mass is 19.4. The molecule has 0 aromatic carbocycles. The fourth-order valence-corrected chi connectivity index (χ4v) is 2.01. The van der Waals surface area contributed by atoms with Crippen LogP contribution in [0.1, 0.15) is 0 Å². The maximum Gasteiger partial charge on any atom is 0.431 e. The van der Waals surface area contributed by atoms with Gasteiger partial charge in [0, 0.05) is 0 Å². The molecule has 2 heterocycles.